The van der Waals surface area contributed by atoms with E-state index in [4.69, 9.17) is 4.74 Å². The van der Waals surface area contributed by atoms with Gasteiger partial charge in [-0.2, -0.15) is 0 Å². The van der Waals surface area contributed by atoms with Crippen molar-refractivity contribution in [3.8, 4) is 5.75 Å². The molecule has 1 fully saturated rings. The Morgan fingerprint density at radius 1 is 1.35 bits per heavy atom. The quantitative estimate of drug-likeness (QED) is 0.913. The molecule has 1 aromatic rings. The first-order valence-corrected chi connectivity index (χ1v) is 7.23. The highest BCUT2D eigenvalue weighted by Gasteiger charge is 2.18. The van der Waals surface area contributed by atoms with Crippen LogP contribution in [0.25, 0.3) is 0 Å². The van der Waals surface area contributed by atoms with Crippen LogP contribution in [-0.4, -0.2) is 43.6 Å². The van der Waals surface area contributed by atoms with Crippen molar-refractivity contribution in [2.45, 2.75) is 32.7 Å². The van der Waals surface area contributed by atoms with E-state index in [1.54, 1.807) is 0 Å². The molecule has 0 atom stereocenters. The summed E-state index contributed by atoms with van der Waals surface area (Å²) in [6.45, 7) is 6.24. The van der Waals surface area contributed by atoms with Crippen LogP contribution in [0.4, 0.5) is 0 Å². The Labute approximate surface area is 121 Å². The number of amides is 1. The normalized spacial score (nSPS) is 16.9. The summed E-state index contributed by atoms with van der Waals surface area (Å²) in [6, 6.07) is 6.19. The van der Waals surface area contributed by atoms with E-state index >= 15 is 0 Å². The van der Waals surface area contributed by atoms with Gasteiger partial charge < -0.3 is 15.0 Å². The summed E-state index contributed by atoms with van der Waals surface area (Å²) in [5, 5.41) is 3.05. The zero-order chi connectivity index (χ0) is 14.5. The summed E-state index contributed by atoms with van der Waals surface area (Å²) in [5.74, 6) is 0.768. The number of nitrogens with zero attached hydrogens (tertiary/aromatic N) is 1. The molecule has 1 aliphatic heterocycles. The summed E-state index contributed by atoms with van der Waals surface area (Å²) in [7, 11) is 2.11. The lowest BCUT2D eigenvalue weighted by Gasteiger charge is -2.29. The summed E-state index contributed by atoms with van der Waals surface area (Å²) in [5.41, 5.74) is 2.28. The average molecular weight is 276 g/mol. The van der Waals surface area contributed by atoms with Gasteiger partial charge in [0.15, 0.2) is 6.61 Å². The van der Waals surface area contributed by atoms with Gasteiger partial charge in [-0.1, -0.05) is 12.1 Å². The lowest BCUT2D eigenvalue weighted by molar-refractivity contribution is -0.124. The van der Waals surface area contributed by atoms with E-state index in [-0.39, 0.29) is 12.5 Å². The van der Waals surface area contributed by atoms with Crippen LogP contribution in [0.15, 0.2) is 18.2 Å². The van der Waals surface area contributed by atoms with Gasteiger partial charge in [-0.15, -0.1) is 0 Å². The highest BCUT2D eigenvalue weighted by molar-refractivity contribution is 5.77. The first-order valence-electron chi connectivity index (χ1n) is 7.23. The van der Waals surface area contributed by atoms with Crippen LogP contribution >= 0.6 is 0 Å². The van der Waals surface area contributed by atoms with Gasteiger partial charge in [0.05, 0.1) is 0 Å². The fraction of sp³-hybridized carbons (Fsp3) is 0.562. The van der Waals surface area contributed by atoms with Crippen molar-refractivity contribution in [3.63, 3.8) is 0 Å². The predicted molar refractivity (Wildman–Crippen MR) is 80.1 cm³/mol. The Balaban J connectivity index is 1.79. The fourth-order valence-electron chi connectivity index (χ4n) is 2.45. The van der Waals surface area contributed by atoms with E-state index in [9.17, 15) is 4.79 Å². The van der Waals surface area contributed by atoms with E-state index in [0.29, 0.717) is 6.04 Å². The minimum Gasteiger partial charge on any atom is -0.483 e. The number of hydrogen-bond donors (Lipinski definition) is 1. The van der Waals surface area contributed by atoms with Gasteiger partial charge in [-0.3, -0.25) is 4.79 Å². The Hall–Kier alpha value is -1.55. The molecule has 1 heterocycles. The number of rotatable bonds is 4. The Morgan fingerprint density at radius 2 is 2.05 bits per heavy atom. The molecule has 1 amide bonds. The molecule has 0 radical (unpaired) electrons. The zero-order valence-corrected chi connectivity index (χ0v) is 12.6. The fourth-order valence-corrected chi connectivity index (χ4v) is 2.45. The number of aryl methyl sites for hydroxylation is 1. The third-order valence-corrected chi connectivity index (χ3v) is 4.00. The van der Waals surface area contributed by atoms with Gasteiger partial charge in [0, 0.05) is 6.04 Å². The third-order valence-electron chi connectivity index (χ3n) is 4.00. The lowest BCUT2D eigenvalue weighted by Crippen LogP contribution is -2.44. The molecule has 0 spiro atoms. The van der Waals surface area contributed by atoms with Crippen LogP contribution < -0.4 is 10.1 Å². The molecule has 0 saturated carbocycles. The van der Waals surface area contributed by atoms with Crippen molar-refractivity contribution >= 4 is 5.91 Å². The number of ether oxygens (including phenoxy) is 1. The molecule has 2 rings (SSSR count). The molecule has 0 unspecified atom stereocenters. The van der Waals surface area contributed by atoms with Crippen LogP contribution in [0.3, 0.4) is 0 Å². The van der Waals surface area contributed by atoms with Gasteiger partial charge in [-0.25, -0.2) is 0 Å². The van der Waals surface area contributed by atoms with Crippen molar-refractivity contribution in [2.24, 2.45) is 0 Å². The van der Waals surface area contributed by atoms with E-state index in [0.717, 1.165) is 37.2 Å². The molecule has 0 aromatic heterocycles. The number of carbonyl (C=O) groups excluding carboxylic acids is 1. The number of hydrogen-bond acceptors (Lipinski definition) is 3. The van der Waals surface area contributed by atoms with Crippen molar-refractivity contribution < 1.29 is 9.53 Å². The van der Waals surface area contributed by atoms with Crippen LogP contribution in [0.5, 0.6) is 5.75 Å². The van der Waals surface area contributed by atoms with E-state index < -0.39 is 0 Å². The number of likely N-dealkylation sites (tertiary alicyclic amines) is 1. The van der Waals surface area contributed by atoms with Gasteiger partial charge >= 0.3 is 0 Å². The maximum absolute atomic E-state index is 11.9. The van der Waals surface area contributed by atoms with Crippen molar-refractivity contribution in [3.05, 3.63) is 29.3 Å². The van der Waals surface area contributed by atoms with E-state index in [1.807, 2.05) is 32.0 Å². The third kappa shape index (κ3) is 3.97. The Bertz CT molecular complexity index is 466. The first-order chi connectivity index (χ1) is 9.56. The monoisotopic (exact) mass is 276 g/mol. The van der Waals surface area contributed by atoms with Crippen LogP contribution in [0, 0.1) is 13.8 Å². The minimum atomic E-state index is -0.0274. The second-order valence-electron chi connectivity index (χ2n) is 5.63. The van der Waals surface area contributed by atoms with E-state index in [2.05, 4.69) is 17.3 Å². The Kier molecular flexibility index (Phi) is 5.01. The molecule has 1 aliphatic rings. The van der Waals surface area contributed by atoms with Gasteiger partial charge in [0.25, 0.3) is 5.91 Å². The molecule has 4 heteroatoms. The predicted octanol–water partition coefficient (Wildman–Crippen LogP) is 1.89. The SMILES string of the molecule is Cc1cccc(OCC(=O)NC2CCN(C)CC2)c1C. The number of nitrogens with one attached hydrogen (secondary N) is 1. The van der Waals surface area contributed by atoms with Crippen LogP contribution in [0.2, 0.25) is 0 Å². The maximum atomic E-state index is 11.9. The topological polar surface area (TPSA) is 41.6 Å². The molecule has 1 aromatic carbocycles. The molecular weight excluding hydrogens is 252 g/mol. The highest BCUT2D eigenvalue weighted by atomic mass is 16.5. The summed E-state index contributed by atoms with van der Waals surface area (Å²) in [4.78, 5) is 14.2. The molecule has 0 bridgehead atoms. The number of carbonyl (C=O) groups is 1. The smallest absolute Gasteiger partial charge is 0.258 e. The van der Waals surface area contributed by atoms with Crippen LogP contribution in [0.1, 0.15) is 24.0 Å². The molecule has 1 saturated heterocycles. The molecule has 20 heavy (non-hydrogen) atoms. The molecule has 110 valence electrons. The number of piperidine rings is 1. The zero-order valence-electron chi connectivity index (χ0n) is 12.6. The molecule has 1 N–H and O–H groups in total. The van der Waals surface area contributed by atoms with Gasteiger partial charge in [0.1, 0.15) is 5.75 Å². The van der Waals surface area contributed by atoms with Crippen molar-refractivity contribution in [1.82, 2.24) is 10.2 Å². The largest absolute Gasteiger partial charge is 0.483 e. The molecule has 4 nitrogen and oxygen atoms in total. The standard InChI is InChI=1S/C16H24N2O2/c1-12-5-4-6-15(13(12)2)20-11-16(19)17-14-7-9-18(3)10-8-14/h4-6,14H,7-11H2,1-3H3,(H,17,19). The Morgan fingerprint density at radius 3 is 2.75 bits per heavy atom. The second-order valence-corrected chi connectivity index (χ2v) is 5.63. The summed E-state index contributed by atoms with van der Waals surface area (Å²) < 4.78 is 5.62. The van der Waals surface area contributed by atoms with Crippen molar-refractivity contribution in [1.29, 1.82) is 0 Å². The maximum Gasteiger partial charge on any atom is 0.258 e. The van der Waals surface area contributed by atoms with Gasteiger partial charge in [-0.05, 0) is 64.0 Å². The summed E-state index contributed by atoms with van der Waals surface area (Å²) >= 11 is 0. The lowest BCUT2D eigenvalue weighted by atomic mass is 10.1. The summed E-state index contributed by atoms with van der Waals surface area (Å²) in [6.07, 6.45) is 2.04. The van der Waals surface area contributed by atoms with Crippen molar-refractivity contribution in [2.75, 3.05) is 26.7 Å². The second kappa shape index (κ2) is 6.75. The molecular formula is C16H24N2O2. The minimum absolute atomic E-state index is 0.0274. The highest BCUT2D eigenvalue weighted by Crippen LogP contribution is 2.20. The first kappa shape index (κ1) is 14.9. The van der Waals surface area contributed by atoms with Gasteiger partial charge in [0.2, 0.25) is 0 Å². The van der Waals surface area contributed by atoms with E-state index in [1.165, 1.54) is 5.56 Å². The number of benzene rings is 1. The average Bonchev–Trinajstić information content (AvgIpc) is 2.43. The van der Waals surface area contributed by atoms with Crippen LogP contribution in [-0.2, 0) is 4.79 Å². The molecule has 0 aliphatic carbocycles.